The molecule has 0 saturated heterocycles. The highest BCUT2D eigenvalue weighted by molar-refractivity contribution is 7.08. The van der Waals surface area contributed by atoms with E-state index in [4.69, 9.17) is 0 Å². The van der Waals surface area contributed by atoms with Gasteiger partial charge in [-0.1, -0.05) is 6.07 Å². The zero-order valence-corrected chi connectivity index (χ0v) is 12.2. The summed E-state index contributed by atoms with van der Waals surface area (Å²) in [5, 5.41) is 7.46. The van der Waals surface area contributed by atoms with Crippen LogP contribution in [0.5, 0.6) is 0 Å². The van der Waals surface area contributed by atoms with Gasteiger partial charge in [0.1, 0.15) is 5.82 Å². The molecule has 0 aliphatic rings. The molecule has 0 aliphatic carbocycles. The number of esters is 1. The lowest BCUT2D eigenvalue weighted by Gasteiger charge is -2.07. The number of nitrogens with one attached hydrogen (secondary N) is 1. The summed E-state index contributed by atoms with van der Waals surface area (Å²) in [6.07, 6.45) is 0. The van der Waals surface area contributed by atoms with Crippen molar-refractivity contribution in [1.82, 2.24) is 5.32 Å². The number of ether oxygens (including phenoxy) is 1. The van der Waals surface area contributed by atoms with Crippen LogP contribution in [-0.2, 0) is 17.8 Å². The summed E-state index contributed by atoms with van der Waals surface area (Å²) < 4.78 is 18.2. The number of methoxy groups -OCH3 is 1. The van der Waals surface area contributed by atoms with Crippen molar-refractivity contribution in [2.24, 2.45) is 0 Å². The minimum atomic E-state index is -0.657. The smallest absolute Gasteiger partial charge is 0.340 e. The Hall–Kier alpha value is -1.72. The van der Waals surface area contributed by atoms with Crippen molar-refractivity contribution in [3.05, 3.63) is 57.0 Å². The molecule has 106 valence electrons. The van der Waals surface area contributed by atoms with Crippen LogP contribution in [0.3, 0.4) is 0 Å². The number of halogens is 1. The molecule has 2 aromatic rings. The second kappa shape index (κ2) is 6.63. The minimum absolute atomic E-state index is 0.0371. The van der Waals surface area contributed by atoms with Crippen LogP contribution < -0.4 is 5.32 Å². The Morgan fingerprint density at radius 3 is 2.75 bits per heavy atom. The van der Waals surface area contributed by atoms with Gasteiger partial charge in [0.05, 0.1) is 12.7 Å². The summed E-state index contributed by atoms with van der Waals surface area (Å²) in [6, 6.07) is 4.54. The number of benzene rings is 1. The van der Waals surface area contributed by atoms with E-state index in [2.05, 4.69) is 27.7 Å². The van der Waals surface area contributed by atoms with Gasteiger partial charge in [0.25, 0.3) is 0 Å². The predicted octanol–water partition coefficient (Wildman–Crippen LogP) is 3.27. The Morgan fingerprint density at radius 1 is 1.35 bits per heavy atom. The van der Waals surface area contributed by atoms with Crippen LogP contribution in [0, 0.1) is 12.7 Å². The monoisotopic (exact) mass is 293 g/mol. The first kappa shape index (κ1) is 14.7. The molecule has 5 heteroatoms. The van der Waals surface area contributed by atoms with Gasteiger partial charge in [-0.3, -0.25) is 0 Å². The molecular formula is C15H16FNO2S. The predicted molar refractivity (Wildman–Crippen MR) is 77.3 cm³/mol. The van der Waals surface area contributed by atoms with E-state index in [-0.39, 0.29) is 5.56 Å². The van der Waals surface area contributed by atoms with Crippen LogP contribution in [0.15, 0.2) is 29.0 Å². The third-order valence-corrected chi connectivity index (χ3v) is 3.96. The van der Waals surface area contributed by atoms with E-state index in [1.165, 1.54) is 30.4 Å². The Labute approximate surface area is 121 Å². The summed E-state index contributed by atoms with van der Waals surface area (Å²) >= 11 is 1.67. The topological polar surface area (TPSA) is 38.3 Å². The second-order valence-corrected chi connectivity index (χ2v) is 5.23. The number of carbonyl (C=O) groups is 1. The van der Waals surface area contributed by atoms with Crippen molar-refractivity contribution in [1.29, 1.82) is 0 Å². The number of thiophene rings is 1. The molecule has 0 bridgehead atoms. The molecule has 1 heterocycles. The van der Waals surface area contributed by atoms with Crippen molar-refractivity contribution in [2.75, 3.05) is 7.11 Å². The molecule has 0 atom stereocenters. The highest BCUT2D eigenvalue weighted by atomic mass is 32.1. The van der Waals surface area contributed by atoms with Gasteiger partial charge in [0.15, 0.2) is 0 Å². The van der Waals surface area contributed by atoms with E-state index in [9.17, 15) is 9.18 Å². The van der Waals surface area contributed by atoms with Crippen LogP contribution >= 0.6 is 11.3 Å². The average Bonchev–Trinajstić information content (AvgIpc) is 2.84. The Balaban J connectivity index is 1.95. The van der Waals surface area contributed by atoms with Gasteiger partial charge in [0.2, 0.25) is 0 Å². The number of aryl methyl sites for hydroxylation is 1. The molecule has 1 N–H and O–H groups in total. The normalized spacial score (nSPS) is 10.6. The van der Waals surface area contributed by atoms with E-state index in [1.807, 2.05) is 0 Å². The van der Waals surface area contributed by atoms with Gasteiger partial charge >= 0.3 is 5.97 Å². The lowest BCUT2D eigenvalue weighted by molar-refractivity contribution is 0.0595. The maximum Gasteiger partial charge on any atom is 0.340 e. The molecule has 0 saturated carbocycles. The fourth-order valence-corrected chi connectivity index (χ4v) is 2.71. The maximum atomic E-state index is 13.7. The fraction of sp³-hybridized carbons (Fsp3) is 0.267. The number of hydrogen-bond acceptors (Lipinski definition) is 4. The lowest BCUT2D eigenvalue weighted by Crippen LogP contribution is -2.13. The molecule has 3 nitrogen and oxygen atoms in total. The lowest BCUT2D eigenvalue weighted by atomic mass is 10.1. The zero-order valence-electron chi connectivity index (χ0n) is 11.4. The Kier molecular flexibility index (Phi) is 4.87. The number of hydrogen-bond donors (Lipinski definition) is 1. The van der Waals surface area contributed by atoms with Crippen LogP contribution in [0.25, 0.3) is 0 Å². The van der Waals surface area contributed by atoms with E-state index >= 15 is 0 Å². The second-order valence-electron chi connectivity index (χ2n) is 4.49. The van der Waals surface area contributed by atoms with E-state index in [0.29, 0.717) is 6.54 Å². The molecule has 1 aromatic carbocycles. The highest BCUT2D eigenvalue weighted by Gasteiger charge is 2.12. The molecule has 0 aliphatic heterocycles. The molecule has 20 heavy (non-hydrogen) atoms. The van der Waals surface area contributed by atoms with Crippen LogP contribution in [0.2, 0.25) is 0 Å². The maximum absolute atomic E-state index is 13.7. The Morgan fingerprint density at radius 2 is 2.15 bits per heavy atom. The molecule has 0 amide bonds. The first-order valence-corrected chi connectivity index (χ1v) is 7.15. The molecule has 0 spiro atoms. The first-order valence-electron chi connectivity index (χ1n) is 6.21. The molecule has 2 rings (SSSR count). The van der Waals surface area contributed by atoms with E-state index < -0.39 is 11.8 Å². The van der Waals surface area contributed by atoms with Gasteiger partial charge in [-0.05, 0) is 46.5 Å². The molecular weight excluding hydrogens is 277 g/mol. The van der Waals surface area contributed by atoms with Crippen LogP contribution in [0.4, 0.5) is 4.39 Å². The summed E-state index contributed by atoms with van der Waals surface area (Å²) in [4.78, 5) is 11.3. The summed E-state index contributed by atoms with van der Waals surface area (Å²) in [5.41, 5.74) is 3.27. The fourth-order valence-electron chi connectivity index (χ4n) is 1.85. The third kappa shape index (κ3) is 3.43. The van der Waals surface area contributed by atoms with Crippen molar-refractivity contribution < 1.29 is 13.9 Å². The quantitative estimate of drug-likeness (QED) is 0.860. The molecule has 0 radical (unpaired) electrons. The summed E-state index contributed by atoms with van der Waals surface area (Å²) in [7, 11) is 1.24. The van der Waals surface area contributed by atoms with Gasteiger partial charge in [-0.2, -0.15) is 11.3 Å². The molecule has 0 fully saturated rings. The highest BCUT2D eigenvalue weighted by Crippen LogP contribution is 2.14. The van der Waals surface area contributed by atoms with Gasteiger partial charge in [-0.15, -0.1) is 0 Å². The van der Waals surface area contributed by atoms with Gasteiger partial charge in [-0.25, -0.2) is 9.18 Å². The van der Waals surface area contributed by atoms with Crippen molar-refractivity contribution in [3.63, 3.8) is 0 Å². The van der Waals surface area contributed by atoms with Crippen molar-refractivity contribution >= 4 is 17.3 Å². The number of rotatable bonds is 5. The third-order valence-electron chi connectivity index (χ3n) is 3.05. The largest absolute Gasteiger partial charge is 0.465 e. The first-order chi connectivity index (χ1) is 9.61. The van der Waals surface area contributed by atoms with E-state index in [1.54, 1.807) is 17.4 Å². The summed E-state index contributed by atoms with van der Waals surface area (Å²) in [6.45, 7) is 3.36. The van der Waals surface area contributed by atoms with Gasteiger partial charge in [0, 0.05) is 13.1 Å². The summed E-state index contributed by atoms with van der Waals surface area (Å²) in [5.74, 6) is -1.21. The minimum Gasteiger partial charge on any atom is -0.465 e. The van der Waals surface area contributed by atoms with Crippen molar-refractivity contribution in [3.8, 4) is 0 Å². The molecule has 0 unspecified atom stereocenters. The standard InChI is InChI=1S/C15H16FNO2S/c1-10-8-20-9-12(10)7-17-6-11-3-4-13(14(16)5-11)15(18)19-2/h3-5,8-9,17H,6-7H2,1-2H3. The Bertz CT molecular complexity index is 610. The van der Waals surface area contributed by atoms with Crippen LogP contribution in [0.1, 0.15) is 27.0 Å². The molecule has 1 aromatic heterocycles. The van der Waals surface area contributed by atoms with Gasteiger partial charge < -0.3 is 10.1 Å². The van der Waals surface area contributed by atoms with Crippen molar-refractivity contribution in [2.45, 2.75) is 20.0 Å². The zero-order chi connectivity index (χ0) is 14.5. The SMILES string of the molecule is COC(=O)c1ccc(CNCc2cscc2C)cc1F. The van der Waals surface area contributed by atoms with E-state index in [0.717, 1.165) is 12.1 Å². The van der Waals surface area contributed by atoms with Crippen LogP contribution in [-0.4, -0.2) is 13.1 Å². The number of carbonyl (C=O) groups excluding carboxylic acids is 1. The average molecular weight is 293 g/mol.